The lowest BCUT2D eigenvalue weighted by atomic mass is 9.70. The number of aliphatic hydroxyl groups excluding tert-OH is 1. The Hall–Kier alpha value is -0.380. The van der Waals surface area contributed by atoms with Gasteiger partial charge in [0.1, 0.15) is 0 Å². The summed E-state index contributed by atoms with van der Waals surface area (Å²) < 4.78 is 11.7. The van der Waals surface area contributed by atoms with E-state index in [1.807, 2.05) is 0 Å². The fourth-order valence-corrected chi connectivity index (χ4v) is 3.59. The van der Waals surface area contributed by atoms with Gasteiger partial charge in [0.2, 0.25) is 0 Å². The zero-order valence-electron chi connectivity index (χ0n) is 11.6. The molecule has 0 aromatic carbocycles. The predicted molar refractivity (Wildman–Crippen MR) is 69.4 cm³/mol. The molecule has 0 bridgehead atoms. The zero-order valence-corrected chi connectivity index (χ0v) is 11.6. The Bertz CT molecular complexity index is 368. The van der Waals surface area contributed by atoms with E-state index in [0.29, 0.717) is 12.0 Å². The minimum Gasteiger partial charge on any atom is -0.393 e. The summed E-state index contributed by atoms with van der Waals surface area (Å²) in [7, 11) is 0. The van der Waals surface area contributed by atoms with E-state index in [1.165, 1.54) is 5.57 Å². The zero-order chi connectivity index (χ0) is 13.0. The van der Waals surface area contributed by atoms with Gasteiger partial charge in [0.25, 0.3) is 0 Å². The topological polar surface area (TPSA) is 45.3 Å². The van der Waals surface area contributed by atoms with Crippen molar-refractivity contribution >= 4 is 0 Å². The standard InChI is InChI=1S/C15H24O3/c1-10(2)4-5-13-14(3,18-13)12-8-11(16)6-7-15(12)9-17-15/h4,11-13,16H,5-9H2,1-3H3. The van der Waals surface area contributed by atoms with Gasteiger partial charge in [0.15, 0.2) is 0 Å². The first-order valence-electron chi connectivity index (χ1n) is 7.09. The molecule has 1 aliphatic carbocycles. The first kappa shape index (κ1) is 12.6. The molecule has 1 spiro atoms. The van der Waals surface area contributed by atoms with Crippen molar-refractivity contribution in [1.29, 1.82) is 0 Å². The summed E-state index contributed by atoms with van der Waals surface area (Å²) in [6, 6.07) is 0. The average Bonchev–Trinajstić information content (AvgIpc) is 3.19. The monoisotopic (exact) mass is 252 g/mol. The van der Waals surface area contributed by atoms with Crippen LogP contribution in [0, 0.1) is 5.92 Å². The normalized spacial score (nSPS) is 50.1. The maximum Gasteiger partial charge on any atom is 0.0980 e. The number of rotatable bonds is 3. The van der Waals surface area contributed by atoms with E-state index in [4.69, 9.17) is 9.47 Å². The molecule has 3 rings (SSSR count). The molecule has 0 radical (unpaired) electrons. The van der Waals surface area contributed by atoms with Gasteiger partial charge < -0.3 is 14.6 Å². The molecule has 3 aliphatic rings. The second kappa shape index (κ2) is 4.06. The van der Waals surface area contributed by atoms with Crippen LogP contribution in [0.3, 0.4) is 0 Å². The van der Waals surface area contributed by atoms with E-state index in [9.17, 15) is 5.11 Å². The van der Waals surface area contributed by atoms with Crippen LogP contribution in [0.5, 0.6) is 0 Å². The van der Waals surface area contributed by atoms with Gasteiger partial charge in [-0.1, -0.05) is 11.6 Å². The van der Waals surface area contributed by atoms with Gasteiger partial charge in [-0.3, -0.25) is 0 Å². The first-order valence-corrected chi connectivity index (χ1v) is 7.09. The van der Waals surface area contributed by atoms with Crippen LogP contribution in [0.25, 0.3) is 0 Å². The molecular formula is C15H24O3. The molecule has 2 aliphatic heterocycles. The van der Waals surface area contributed by atoms with Crippen molar-refractivity contribution in [2.24, 2.45) is 5.92 Å². The van der Waals surface area contributed by atoms with E-state index < -0.39 is 0 Å². The van der Waals surface area contributed by atoms with Crippen LogP contribution in [-0.4, -0.2) is 35.1 Å². The quantitative estimate of drug-likeness (QED) is 0.620. The number of allylic oxidation sites excluding steroid dienone is 1. The number of ether oxygens (including phenoxy) is 2. The van der Waals surface area contributed by atoms with Crippen LogP contribution in [0.15, 0.2) is 11.6 Å². The highest BCUT2D eigenvalue weighted by Gasteiger charge is 2.68. The molecule has 0 aromatic rings. The van der Waals surface area contributed by atoms with E-state index >= 15 is 0 Å². The lowest BCUT2D eigenvalue weighted by molar-refractivity contribution is 0.0145. The molecule has 3 fully saturated rings. The highest BCUT2D eigenvalue weighted by Crippen LogP contribution is 2.58. The fourth-order valence-electron chi connectivity index (χ4n) is 3.59. The van der Waals surface area contributed by atoms with Crippen LogP contribution < -0.4 is 0 Å². The van der Waals surface area contributed by atoms with Crippen molar-refractivity contribution in [1.82, 2.24) is 0 Å². The van der Waals surface area contributed by atoms with E-state index in [1.54, 1.807) is 0 Å². The molecule has 5 unspecified atom stereocenters. The van der Waals surface area contributed by atoms with Crippen LogP contribution in [-0.2, 0) is 9.47 Å². The molecule has 1 N–H and O–H groups in total. The SMILES string of the molecule is CC(C)=CCC1OC1(C)C1CC(O)CCC12CO2. The lowest BCUT2D eigenvalue weighted by Crippen LogP contribution is -2.43. The summed E-state index contributed by atoms with van der Waals surface area (Å²) in [5, 5.41) is 9.91. The summed E-state index contributed by atoms with van der Waals surface area (Å²) in [4.78, 5) is 0. The van der Waals surface area contributed by atoms with Crippen molar-refractivity contribution in [3.63, 3.8) is 0 Å². The van der Waals surface area contributed by atoms with Crippen molar-refractivity contribution in [2.75, 3.05) is 6.61 Å². The third-order valence-electron chi connectivity index (χ3n) is 4.97. The van der Waals surface area contributed by atoms with Gasteiger partial charge in [-0.15, -0.1) is 0 Å². The minimum atomic E-state index is -0.171. The van der Waals surface area contributed by atoms with E-state index in [2.05, 4.69) is 26.8 Å². The molecule has 1 saturated carbocycles. The van der Waals surface area contributed by atoms with E-state index in [-0.39, 0.29) is 17.3 Å². The summed E-state index contributed by atoms with van der Waals surface area (Å²) in [5.74, 6) is 0.365. The molecule has 18 heavy (non-hydrogen) atoms. The second-order valence-electron chi connectivity index (χ2n) is 6.64. The molecule has 3 heteroatoms. The Morgan fingerprint density at radius 3 is 2.78 bits per heavy atom. The van der Waals surface area contributed by atoms with Crippen LogP contribution >= 0.6 is 0 Å². The van der Waals surface area contributed by atoms with Crippen molar-refractivity contribution < 1.29 is 14.6 Å². The largest absolute Gasteiger partial charge is 0.393 e. The number of aliphatic hydroxyl groups is 1. The maximum atomic E-state index is 9.91. The molecule has 2 saturated heterocycles. The summed E-state index contributed by atoms with van der Waals surface area (Å²) in [6.07, 6.45) is 6.08. The van der Waals surface area contributed by atoms with Crippen LogP contribution in [0.2, 0.25) is 0 Å². The number of hydrogen-bond acceptors (Lipinski definition) is 3. The highest BCUT2D eigenvalue weighted by atomic mass is 16.6. The Labute approximate surface area is 109 Å². The van der Waals surface area contributed by atoms with E-state index in [0.717, 1.165) is 32.3 Å². The van der Waals surface area contributed by atoms with Gasteiger partial charge in [0.05, 0.1) is 30.0 Å². The third kappa shape index (κ3) is 2.02. The highest BCUT2D eigenvalue weighted by molar-refractivity contribution is 5.17. The molecule has 2 heterocycles. The van der Waals surface area contributed by atoms with Crippen molar-refractivity contribution in [3.8, 4) is 0 Å². The molecule has 5 atom stereocenters. The summed E-state index contributed by atoms with van der Waals surface area (Å²) in [6.45, 7) is 7.30. The smallest absolute Gasteiger partial charge is 0.0980 e. The second-order valence-corrected chi connectivity index (χ2v) is 6.64. The van der Waals surface area contributed by atoms with Crippen LogP contribution in [0.4, 0.5) is 0 Å². The predicted octanol–water partition coefficient (Wildman–Crippen LogP) is 2.43. The summed E-state index contributed by atoms with van der Waals surface area (Å²) in [5.41, 5.74) is 1.30. The van der Waals surface area contributed by atoms with Crippen LogP contribution in [0.1, 0.15) is 46.5 Å². The molecule has 102 valence electrons. The number of epoxide rings is 2. The fraction of sp³-hybridized carbons (Fsp3) is 0.867. The number of hydrogen-bond donors (Lipinski definition) is 1. The average molecular weight is 252 g/mol. The molecular weight excluding hydrogens is 228 g/mol. The van der Waals surface area contributed by atoms with Gasteiger partial charge >= 0.3 is 0 Å². The Balaban J connectivity index is 1.69. The van der Waals surface area contributed by atoms with Crippen molar-refractivity contribution in [3.05, 3.63) is 11.6 Å². The van der Waals surface area contributed by atoms with Gasteiger partial charge in [-0.05, 0) is 46.5 Å². The molecule has 3 nitrogen and oxygen atoms in total. The minimum absolute atomic E-state index is 0.0354. The summed E-state index contributed by atoms with van der Waals surface area (Å²) >= 11 is 0. The molecule has 0 amide bonds. The Kier molecular flexibility index (Phi) is 2.85. The Morgan fingerprint density at radius 2 is 2.17 bits per heavy atom. The van der Waals surface area contributed by atoms with Gasteiger partial charge in [0, 0.05) is 5.92 Å². The van der Waals surface area contributed by atoms with Gasteiger partial charge in [-0.25, -0.2) is 0 Å². The lowest BCUT2D eigenvalue weighted by Gasteiger charge is -2.35. The molecule has 0 aromatic heterocycles. The maximum absolute atomic E-state index is 9.91. The Morgan fingerprint density at radius 1 is 1.44 bits per heavy atom. The van der Waals surface area contributed by atoms with Crippen molar-refractivity contribution in [2.45, 2.75) is 69.9 Å². The first-order chi connectivity index (χ1) is 8.46. The third-order valence-corrected chi connectivity index (χ3v) is 4.97. The van der Waals surface area contributed by atoms with Gasteiger partial charge in [-0.2, -0.15) is 0 Å².